The second-order valence-electron chi connectivity index (χ2n) is 7.90. The summed E-state index contributed by atoms with van der Waals surface area (Å²) in [5.74, 6) is 0.773. The Kier molecular flexibility index (Phi) is 3.56. The molecular formula is C26H14N2O4S. The number of aromatic nitrogens is 2. The highest BCUT2D eigenvalue weighted by molar-refractivity contribution is 7.92. The summed E-state index contributed by atoms with van der Waals surface area (Å²) in [6.45, 7) is 0. The van der Waals surface area contributed by atoms with Crippen molar-refractivity contribution >= 4 is 32.0 Å². The maximum absolute atomic E-state index is 13.5. The molecule has 7 rings (SSSR count). The third-order valence-corrected chi connectivity index (χ3v) is 7.75. The van der Waals surface area contributed by atoms with Gasteiger partial charge in [0, 0.05) is 22.3 Å². The number of hydrogen-bond acceptors (Lipinski definition) is 6. The lowest BCUT2D eigenvalue weighted by Crippen LogP contribution is -1.97. The second kappa shape index (κ2) is 6.40. The summed E-state index contributed by atoms with van der Waals surface area (Å²) in [6.07, 6.45) is 0. The highest BCUT2D eigenvalue weighted by Crippen LogP contribution is 2.46. The van der Waals surface area contributed by atoms with Crippen LogP contribution < -0.4 is 0 Å². The fourth-order valence-corrected chi connectivity index (χ4v) is 6.05. The van der Waals surface area contributed by atoms with E-state index in [1.54, 1.807) is 12.1 Å². The number of para-hydroxylation sites is 4. The Morgan fingerprint density at radius 1 is 0.576 bits per heavy atom. The molecule has 0 saturated heterocycles. The Hall–Kier alpha value is -4.23. The van der Waals surface area contributed by atoms with Crippen molar-refractivity contribution in [2.24, 2.45) is 0 Å². The molecular weight excluding hydrogens is 436 g/mol. The molecule has 158 valence electrons. The van der Waals surface area contributed by atoms with Crippen molar-refractivity contribution < 1.29 is 17.3 Å². The van der Waals surface area contributed by atoms with Crippen LogP contribution in [-0.2, 0) is 9.84 Å². The summed E-state index contributed by atoms with van der Waals surface area (Å²) in [4.78, 5) is 9.48. The molecule has 0 radical (unpaired) electrons. The van der Waals surface area contributed by atoms with Crippen LogP contribution >= 0.6 is 0 Å². The van der Waals surface area contributed by atoms with E-state index in [4.69, 9.17) is 8.83 Å². The molecule has 33 heavy (non-hydrogen) atoms. The van der Waals surface area contributed by atoms with E-state index in [9.17, 15) is 8.42 Å². The molecule has 1 aliphatic heterocycles. The van der Waals surface area contributed by atoms with Gasteiger partial charge in [0.25, 0.3) is 0 Å². The van der Waals surface area contributed by atoms with Crippen LogP contribution in [0.1, 0.15) is 0 Å². The molecule has 0 amide bonds. The highest BCUT2D eigenvalue weighted by atomic mass is 32.2. The first kappa shape index (κ1) is 18.4. The number of fused-ring (bicyclic) bond motifs is 5. The molecule has 0 saturated carbocycles. The molecule has 3 heterocycles. The first-order valence-corrected chi connectivity index (χ1v) is 11.8. The van der Waals surface area contributed by atoms with Gasteiger partial charge in [-0.3, -0.25) is 0 Å². The van der Waals surface area contributed by atoms with E-state index in [-0.39, 0.29) is 9.79 Å². The molecule has 6 aromatic rings. The van der Waals surface area contributed by atoms with Crippen LogP contribution in [0.3, 0.4) is 0 Å². The van der Waals surface area contributed by atoms with Gasteiger partial charge in [0.15, 0.2) is 11.2 Å². The molecule has 0 N–H and O–H groups in total. The fourth-order valence-electron chi connectivity index (χ4n) is 4.31. The number of benzene rings is 4. The van der Waals surface area contributed by atoms with Gasteiger partial charge in [0.2, 0.25) is 21.6 Å². The maximum atomic E-state index is 13.5. The second-order valence-corrected chi connectivity index (χ2v) is 9.79. The summed E-state index contributed by atoms with van der Waals surface area (Å²) < 4.78 is 38.6. The zero-order chi connectivity index (χ0) is 22.2. The van der Waals surface area contributed by atoms with E-state index in [2.05, 4.69) is 9.97 Å². The predicted molar refractivity (Wildman–Crippen MR) is 123 cm³/mol. The van der Waals surface area contributed by atoms with Gasteiger partial charge in [-0.2, -0.15) is 0 Å². The van der Waals surface area contributed by atoms with Gasteiger partial charge >= 0.3 is 0 Å². The molecule has 0 aliphatic carbocycles. The molecule has 6 nitrogen and oxygen atoms in total. The number of oxazole rings is 2. The van der Waals surface area contributed by atoms with Crippen LogP contribution in [0.2, 0.25) is 0 Å². The first-order valence-electron chi connectivity index (χ1n) is 10.3. The number of sulfone groups is 1. The number of hydrogen-bond donors (Lipinski definition) is 0. The van der Waals surface area contributed by atoms with Crippen LogP contribution in [0.5, 0.6) is 0 Å². The fraction of sp³-hybridized carbons (Fsp3) is 0. The first-order chi connectivity index (χ1) is 16.1. The van der Waals surface area contributed by atoms with Crippen molar-refractivity contribution in [1.29, 1.82) is 0 Å². The monoisotopic (exact) mass is 450 g/mol. The molecule has 4 aromatic carbocycles. The van der Waals surface area contributed by atoms with Crippen LogP contribution in [-0.4, -0.2) is 18.4 Å². The SMILES string of the molecule is O=S1(=O)c2cc(-c3nc4ccccc4o3)ccc2-c2ccc(-c3nc4ccccc4o3)cc21. The lowest BCUT2D eigenvalue weighted by molar-refractivity contribution is 0.598. The van der Waals surface area contributed by atoms with Gasteiger partial charge < -0.3 is 8.83 Å². The Morgan fingerprint density at radius 3 is 1.48 bits per heavy atom. The summed E-state index contributed by atoms with van der Waals surface area (Å²) in [5, 5.41) is 0. The minimum atomic E-state index is -3.72. The topological polar surface area (TPSA) is 86.2 Å². The average molecular weight is 450 g/mol. The molecule has 7 heteroatoms. The minimum Gasteiger partial charge on any atom is -0.436 e. The summed E-state index contributed by atoms with van der Waals surface area (Å²) >= 11 is 0. The summed E-state index contributed by atoms with van der Waals surface area (Å²) in [7, 11) is -3.72. The van der Waals surface area contributed by atoms with E-state index in [0.29, 0.717) is 45.2 Å². The Labute approximate surface area is 188 Å². The van der Waals surface area contributed by atoms with Crippen molar-refractivity contribution in [2.45, 2.75) is 9.79 Å². The lowest BCUT2D eigenvalue weighted by Gasteiger charge is -2.01. The lowest BCUT2D eigenvalue weighted by atomic mass is 10.0. The van der Waals surface area contributed by atoms with Crippen molar-refractivity contribution in [2.75, 3.05) is 0 Å². The van der Waals surface area contributed by atoms with Crippen LogP contribution in [0.4, 0.5) is 0 Å². The maximum Gasteiger partial charge on any atom is 0.227 e. The largest absolute Gasteiger partial charge is 0.436 e. The van der Waals surface area contributed by atoms with E-state index in [0.717, 1.165) is 11.0 Å². The van der Waals surface area contributed by atoms with Crippen molar-refractivity contribution in [3.05, 3.63) is 84.9 Å². The van der Waals surface area contributed by atoms with Crippen LogP contribution in [0, 0.1) is 0 Å². The van der Waals surface area contributed by atoms with Gasteiger partial charge in [0.1, 0.15) is 11.0 Å². The normalized spacial score (nSPS) is 13.9. The van der Waals surface area contributed by atoms with Crippen molar-refractivity contribution in [3.63, 3.8) is 0 Å². The Balaban J connectivity index is 1.35. The molecule has 2 aromatic heterocycles. The third-order valence-electron chi connectivity index (χ3n) is 5.91. The molecule has 1 aliphatic rings. The predicted octanol–water partition coefficient (Wildman–Crippen LogP) is 6.12. The van der Waals surface area contributed by atoms with Gasteiger partial charge in [-0.15, -0.1) is 0 Å². The zero-order valence-electron chi connectivity index (χ0n) is 17.0. The van der Waals surface area contributed by atoms with Crippen molar-refractivity contribution in [3.8, 4) is 34.0 Å². The highest BCUT2D eigenvalue weighted by Gasteiger charge is 2.34. The van der Waals surface area contributed by atoms with Gasteiger partial charge in [-0.1, -0.05) is 36.4 Å². The van der Waals surface area contributed by atoms with E-state index >= 15 is 0 Å². The zero-order valence-corrected chi connectivity index (χ0v) is 17.8. The molecule has 0 bridgehead atoms. The quantitative estimate of drug-likeness (QED) is 0.316. The van der Waals surface area contributed by atoms with E-state index in [1.807, 2.05) is 72.8 Å². The Morgan fingerprint density at radius 2 is 1.03 bits per heavy atom. The van der Waals surface area contributed by atoms with Gasteiger partial charge in [-0.05, 0) is 48.5 Å². The average Bonchev–Trinajstić information content (AvgIpc) is 3.52. The number of nitrogens with zero attached hydrogens (tertiary/aromatic N) is 2. The van der Waals surface area contributed by atoms with Crippen molar-refractivity contribution in [1.82, 2.24) is 9.97 Å². The van der Waals surface area contributed by atoms with E-state index < -0.39 is 9.84 Å². The molecule has 0 fully saturated rings. The van der Waals surface area contributed by atoms with E-state index in [1.165, 1.54) is 0 Å². The summed E-state index contributed by atoms with van der Waals surface area (Å²) in [6, 6.07) is 25.4. The smallest absolute Gasteiger partial charge is 0.227 e. The standard InChI is InChI=1S/C26H14N2O4S/c29-33(30)23-13-15(25-27-19-5-1-3-7-21(19)31-25)9-11-17(23)18-12-10-16(14-24(18)33)26-28-20-6-2-4-8-22(20)32-26/h1-14H. The molecule has 0 unspecified atom stereocenters. The van der Waals surface area contributed by atoms with Crippen LogP contribution in [0.15, 0.2) is 104 Å². The third kappa shape index (κ3) is 2.63. The Bertz CT molecular complexity index is 1650. The molecule has 0 spiro atoms. The van der Waals surface area contributed by atoms with Gasteiger partial charge in [-0.25, -0.2) is 18.4 Å². The van der Waals surface area contributed by atoms with Crippen LogP contribution in [0.25, 0.3) is 56.2 Å². The van der Waals surface area contributed by atoms with Gasteiger partial charge in [0.05, 0.1) is 9.79 Å². The number of rotatable bonds is 2. The molecule has 0 atom stereocenters. The minimum absolute atomic E-state index is 0.243. The summed E-state index contributed by atoms with van der Waals surface area (Å²) in [5.41, 5.74) is 5.30.